The molecule has 3 saturated heterocycles. The maximum atomic E-state index is 13.4. The van der Waals surface area contributed by atoms with Crippen molar-refractivity contribution in [1.29, 1.82) is 0 Å². The summed E-state index contributed by atoms with van der Waals surface area (Å²) in [5, 5.41) is 136. The van der Waals surface area contributed by atoms with Gasteiger partial charge in [0.1, 0.15) is 67.1 Å². The summed E-state index contributed by atoms with van der Waals surface area (Å²) in [6, 6.07) is -2.61. The first-order chi connectivity index (χ1) is 41.4. The van der Waals surface area contributed by atoms with Crippen LogP contribution in [0.4, 0.5) is 0 Å². The Morgan fingerprint density at radius 1 is 0.605 bits per heavy atom. The van der Waals surface area contributed by atoms with Gasteiger partial charge in [-0.15, -0.1) is 0 Å². The molecule has 3 fully saturated rings. The van der Waals surface area contributed by atoms with Gasteiger partial charge in [0.05, 0.1) is 50.7 Å². The van der Waals surface area contributed by atoms with Gasteiger partial charge in [0.25, 0.3) is 5.79 Å². The summed E-state index contributed by atoms with van der Waals surface area (Å²) in [6.07, 6.45) is 11.2. The van der Waals surface area contributed by atoms with E-state index < -0.39 is 155 Å². The van der Waals surface area contributed by atoms with Crippen LogP contribution in [0.3, 0.4) is 0 Å². The van der Waals surface area contributed by atoms with Crippen LogP contribution in [0.15, 0.2) is 12.2 Å². The fraction of sp³-hybridized carbons (Fsp3) is 0.921. The molecule has 3 heterocycles. The molecule has 14 N–H and O–H groups in total. The zero-order valence-electron chi connectivity index (χ0n) is 52.2. The molecule has 86 heavy (non-hydrogen) atoms. The van der Waals surface area contributed by atoms with Crippen molar-refractivity contribution >= 4 is 17.8 Å². The molecule has 3 aliphatic rings. The summed E-state index contributed by atoms with van der Waals surface area (Å²) in [5.74, 6) is -6.14. The average molecular weight is 1240 g/mol. The van der Waals surface area contributed by atoms with Crippen LogP contribution in [0.1, 0.15) is 233 Å². The largest absolute Gasteiger partial charge is 0.477 e. The van der Waals surface area contributed by atoms with Gasteiger partial charge in [-0.25, -0.2) is 4.79 Å². The smallest absolute Gasteiger partial charge is 0.364 e. The van der Waals surface area contributed by atoms with E-state index in [0.717, 1.165) is 51.9 Å². The van der Waals surface area contributed by atoms with Crippen molar-refractivity contribution in [3.8, 4) is 0 Å². The van der Waals surface area contributed by atoms with Crippen molar-refractivity contribution in [2.45, 2.75) is 342 Å². The minimum absolute atomic E-state index is 0.205. The molecule has 504 valence electrons. The molecule has 0 aromatic heterocycles. The number of carboxylic acid groups (broad SMARTS) is 1. The summed E-state index contributed by atoms with van der Waals surface area (Å²) >= 11 is 0. The van der Waals surface area contributed by atoms with Gasteiger partial charge < -0.3 is 100 Å². The summed E-state index contributed by atoms with van der Waals surface area (Å²) < 4.78 is 34.7. The second-order valence-electron chi connectivity index (χ2n) is 24.3. The van der Waals surface area contributed by atoms with Crippen molar-refractivity contribution in [2.24, 2.45) is 0 Å². The van der Waals surface area contributed by atoms with Crippen LogP contribution in [-0.4, -0.2) is 215 Å². The number of rotatable bonds is 49. The summed E-state index contributed by atoms with van der Waals surface area (Å²) in [6.45, 7) is 2.12. The zero-order chi connectivity index (χ0) is 63.3. The predicted octanol–water partition coefficient (Wildman–Crippen LogP) is 4.73. The Kier molecular flexibility index (Phi) is 40.5. The number of nitrogens with one attached hydrogen (secondary N) is 2. The molecule has 0 aromatic carbocycles. The fourth-order valence-electron chi connectivity index (χ4n) is 11.6. The lowest BCUT2D eigenvalue weighted by molar-refractivity contribution is -0.386. The van der Waals surface area contributed by atoms with Crippen LogP contribution in [0.25, 0.3) is 0 Å². The minimum atomic E-state index is -3.08. The molecule has 0 saturated carbocycles. The Balaban J connectivity index is 1.62. The van der Waals surface area contributed by atoms with Gasteiger partial charge in [0, 0.05) is 19.8 Å². The van der Waals surface area contributed by atoms with Gasteiger partial charge >= 0.3 is 5.97 Å². The first kappa shape index (κ1) is 77.7. The lowest BCUT2D eigenvalue weighted by atomic mass is 9.88. The summed E-state index contributed by atoms with van der Waals surface area (Å²) in [5.41, 5.74) is 0. The van der Waals surface area contributed by atoms with Crippen LogP contribution in [0, 0.1) is 0 Å². The third-order valence-electron chi connectivity index (χ3n) is 17.0. The zero-order valence-corrected chi connectivity index (χ0v) is 52.2. The lowest BCUT2D eigenvalue weighted by Crippen LogP contribution is -2.70. The maximum Gasteiger partial charge on any atom is 0.364 e. The van der Waals surface area contributed by atoms with Crippen LogP contribution >= 0.6 is 0 Å². The van der Waals surface area contributed by atoms with E-state index in [-0.39, 0.29) is 12.3 Å². The molecular formula is C63H116N2O21. The number of hydrogen-bond acceptors (Lipinski definition) is 20. The van der Waals surface area contributed by atoms with Crippen molar-refractivity contribution in [1.82, 2.24) is 10.6 Å². The number of hydrogen-bond donors (Lipinski definition) is 14. The van der Waals surface area contributed by atoms with Gasteiger partial charge in [-0.2, -0.15) is 0 Å². The van der Waals surface area contributed by atoms with E-state index in [9.17, 15) is 75.7 Å². The number of amides is 2. The number of unbranched alkanes of at least 4 members (excludes halogenated alkanes) is 29. The van der Waals surface area contributed by atoms with E-state index in [1.54, 1.807) is 6.08 Å². The number of allylic oxidation sites excluding steroid dienone is 1. The second-order valence-corrected chi connectivity index (χ2v) is 24.3. The van der Waals surface area contributed by atoms with Gasteiger partial charge in [-0.1, -0.05) is 206 Å². The number of aliphatic hydroxyl groups excluding tert-OH is 11. The molecule has 3 aliphatic heterocycles. The third kappa shape index (κ3) is 27.9. The highest BCUT2D eigenvalue weighted by molar-refractivity contribution is 5.77. The highest BCUT2D eigenvalue weighted by Crippen LogP contribution is 2.38. The standard InChI is InChI=1S/C63H116N2O21/c1-4-6-8-10-12-14-16-18-19-20-21-22-23-25-27-29-31-33-35-37-50(73)65-44(45(70)36-34-32-30-28-26-24-17-15-13-11-9-7-5-2)42-81-60-55(77)54(76)57(49(41-68)83-60)84-61-56(78)59(53(75)48(40-67)82-61)86-63(62(79)80)38-46(71)51(64-43(3)69)58(85-63)52(74)47(72)39-66/h34,36,44-49,51-61,66-68,70-72,74-78H,4-33,35,37-42H2,1-3H3,(H,64,69)(H,65,73)(H,79,80)/b36-34+. The Hall–Kier alpha value is -2.53. The van der Waals surface area contributed by atoms with Crippen LogP contribution in [-0.2, 0) is 42.8 Å². The van der Waals surface area contributed by atoms with Gasteiger partial charge in [0.15, 0.2) is 12.6 Å². The molecule has 23 heteroatoms. The summed E-state index contributed by atoms with van der Waals surface area (Å²) in [7, 11) is 0. The van der Waals surface area contributed by atoms with E-state index in [0.29, 0.717) is 12.8 Å². The molecule has 2 amide bonds. The first-order valence-corrected chi connectivity index (χ1v) is 33.1. The Morgan fingerprint density at radius 2 is 1.08 bits per heavy atom. The van der Waals surface area contributed by atoms with E-state index in [2.05, 4.69) is 24.5 Å². The molecule has 3 rings (SSSR count). The van der Waals surface area contributed by atoms with Gasteiger partial charge in [0.2, 0.25) is 11.8 Å². The number of carboxylic acids is 1. The lowest BCUT2D eigenvalue weighted by Gasteiger charge is -2.50. The topological polar surface area (TPSA) is 373 Å². The van der Waals surface area contributed by atoms with Crippen LogP contribution < -0.4 is 10.6 Å². The quantitative estimate of drug-likeness (QED) is 0.0289. The van der Waals surface area contributed by atoms with Crippen LogP contribution in [0.2, 0.25) is 0 Å². The Labute approximate surface area is 511 Å². The van der Waals surface area contributed by atoms with Crippen molar-refractivity contribution in [3.63, 3.8) is 0 Å². The maximum absolute atomic E-state index is 13.4. The van der Waals surface area contributed by atoms with Crippen molar-refractivity contribution in [3.05, 3.63) is 12.2 Å². The molecule has 0 bridgehead atoms. The average Bonchev–Trinajstić information content (AvgIpc) is 1.37. The normalized spacial score (nSPS) is 29.4. The minimum Gasteiger partial charge on any atom is -0.477 e. The highest BCUT2D eigenvalue weighted by atomic mass is 16.8. The Bertz CT molecular complexity index is 1810. The molecule has 0 spiro atoms. The van der Waals surface area contributed by atoms with E-state index >= 15 is 0 Å². The molecule has 0 aliphatic carbocycles. The van der Waals surface area contributed by atoms with Crippen molar-refractivity contribution < 1.29 is 104 Å². The van der Waals surface area contributed by atoms with E-state index in [1.165, 1.54) is 141 Å². The highest BCUT2D eigenvalue weighted by Gasteiger charge is 2.60. The molecule has 0 aromatic rings. The second kappa shape index (κ2) is 44.9. The molecule has 23 nitrogen and oxygen atoms in total. The third-order valence-corrected chi connectivity index (χ3v) is 17.0. The first-order valence-electron chi connectivity index (χ1n) is 33.1. The number of carbonyl (C=O) groups is 3. The van der Waals surface area contributed by atoms with Gasteiger partial charge in [-0.05, 0) is 19.3 Å². The molecule has 18 atom stereocenters. The number of carbonyl (C=O) groups excluding carboxylic acids is 2. The molecule has 18 unspecified atom stereocenters. The monoisotopic (exact) mass is 1240 g/mol. The number of aliphatic hydroxyl groups is 11. The van der Waals surface area contributed by atoms with E-state index in [4.69, 9.17) is 28.4 Å². The van der Waals surface area contributed by atoms with Crippen molar-refractivity contribution in [2.75, 3.05) is 26.4 Å². The summed E-state index contributed by atoms with van der Waals surface area (Å²) in [4.78, 5) is 38.5. The fourth-order valence-corrected chi connectivity index (χ4v) is 11.6. The van der Waals surface area contributed by atoms with E-state index in [1.807, 2.05) is 6.08 Å². The van der Waals surface area contributed by atoms with Gasteiger partial charge in [-0.3, -0.25) is 9.59 Å². The number of ether oxygens (including phenoxy) is 6. The SMILES string of the molecule is CCCCCCCCCCCCC/C=C/C(O)C(COC1OC(CO)C(OC2OC(CO)C(O)C(OC3(C(=O)O)CC(O)C(NC(C)=O)C(C(O)C(O)CO)O3)C2O)C(O)C1O)NC(=O)CCCCCCCCCCCCCCCCCCCCC. The number of aliphatic carboxylic acids is 1. The van der Waals surface area contributed by atoms with Crippen LogP contribution in [0.5, 0.6) is 0 Å². The molecular weight excluding hydrogens is 1120 g/mol. The predicted molar refractivity (Wildman–Crippen MR) is 320 cm³/mol. The molecule has 0 radical (unpaired) electrons. The Morgan fingerprint density at radius 3 is 1.55 bits per heavy atom.